The van der Waals surface area contributed by atoms with Gasteiger partial charge in [0.1, 0.15) is 0 Å². The van der Waals surface area contributed by atoms with Crippen LogP contribution in [0.2, 0.25) is 10.0 Å². The summed E-state index contributed by atoms with van der Waals surface area (Å²) in [4.78, 5) is 0. The molecule has 0 amide bonds. The number of halogens is 2. The molecular formula is C11H13Cl2N. The monoisotopic (exact) mass is 229 g/mol. The first-order valence-electron chi connectivity index (χ1n) is 4.89. The highest BCUT2D eigenvalue weighted by Crippen LogP contribution is 2.37. The highest BCUT2D eigenvalue weighted by molar-refractivity contribution is 6.42. The second-order valence-corrected chi connectivity index (χ2v) is 4.70. The largest absolute Gasteiger partial charge is 0.324 e. The van der Waals surface area contributed by atoms with Gasteiger partial charge in [-0.1, -0.05) is 35.7 Å². The fraction of sp³-hybridized carbons (Fsp3) is 0.455. The van der Waals surface area contributed by atoms with Crippen LogP contribution < -0.4 is 5.73 Å². The fourth-order valence-electron chi connectivity index (χ4n) is 1.79. The maximum atomic E-state index is 6.12. The molecule has 76 valence electrons. The predicted octanol–water partition coefficient (Wildman–Crippen LogP) is 3.79. The topological polar surface area (TPSA) is 26.0 Å². The molecule has 1 aliphatic carbocycles. The van der Waals surface area contributed by atoms with Gasteiger partial charge in [-0.05, 0) is 36.5 Å². The molecule has 1 aliphatic rings. The summed E-state index contributed by atoms with van der Waals surface area (Å²) in [6.07, 6.45) is 3.78. The van der Waals surface area contributed by atoms with Crippen LogP contribution >= 0.6 is 23.2 Å². The van der Waals surface area contributed by atoms with Crippen LogP contribution in [0.25, 0.3) is 0 Å². The third kappa shape index (κ3) is 1.90. The molecule has 0 saturated heterocycles. The van der Waals surface area contributed by atoms with Crippen LogP contribution in [0.3, 0.4) is 0 Å². The quantitative estimate of drug-likeness (QED) is 0.821. The number of nitrogens with two attached hydrogens (primary N) is 1. The molecule has 1 nitrogen and oxygen atoms in total. The molecule has 1 aromatic carbocycles. The highest BCUT2D eigenvalue weighted by atomic mass is 35.5. The zero-order valence-electron chi connectivity index (χ0n) is 7.84. The maximum Gasteiger partial charge on any atom is 0.0595 e. The van der Waals surface area contributed by atoms with E-state index in [0.29, 0.717) is 16.0 Å². The van der Waals surface area contributed by atoms with E-state index in [0.717, 1.165) is 5.56 Å². The normalized spacial score (nSPS) is 19.1. The van der Waals surface area contributed by atoms with Crippen LogP contribution in [0.1, 0.15) is 30.9 Å². The summed E-state index contributed by atoms with van der Waals surface area (Å²) in [5.74, 6) is 0.632. The molecular weight excluding hydrogens is 217 g/mol. The van der Waals surface area contributed by atoms with Crippen molar-refractivity contribution in [2.75, 3.05) is 0 Å². The molecule has 1 fully saturated rings. The Balaban J connectivity index is 2.18. The Hall–Kier alpha value is -0.240. The molecule has 0 bridgehead atoms. The van der Waals surface area contributed by atoms with Crippen molar-refractivity contribution in [1.29, 1.82) is 0 Å². The van der Waals surface area contributed by atoms with E-state index in [-0.39, 0.29) is 6.04 Å². The third-order valence-electron chi connectivity index (χ3n) is 2.99. The average Bonchev–Trinajstić information content (AvgIpc) is 2.06. The molecule has 0 aromatic heterocycles. The highest BCUT2D eigenvalue weighted by Gasteiger charge is 2.25. The Morgan fingerprint density at radius 3 is 2.43 bits per heavy atom. The predicted molar refractivity (Wildman–Crippen MR) is 60.7 cm³/mol. The minimum atomic E-state index is 0.124. The standard InChI is InChI=1S/C11H13Cl2N/c12-9-5-4-8(6-10(9)13)11(14)7-2-1-3-7/h4-7,11H,1-3,14H2/t11-/m0/s1. The van der Waals surface area contributed by atoms with E-state index < -0.39 is 0 Å². The molecule has 0 spiro atoms. The molecule has 1 atom stereocenters. The average molecular weight is 230 g/mol. The lowest BCUT2D eigenvalue weighted by Crippen LogP contribution is -2.26. The van der Waals surface area contributed by atoms with E-state index in [1.54, 1.807) is 0 Å². The first kappa shape index (κ1) is 10.3. The van der Waals surface area contributed by atoms with Gasteiger partial charge in [0.15, 0.2) is 0 Å². The minimum Gasteiger partial charge on any atom is -0.324 e. The lowest BCUT2D eigenvalue weighted by Gasteiger charge is -2.31. The zero-order chi connectivity index (χ0) is 10.1. The van der Waals surface area contributed by atoms with Crippen molar-refractivity contribution in [2.45, 2.75) is 25.3 Å². The van der Waals surface area contributed by atoms with Gasteiger partial charge in [0.25, 0.3) is 0 Å². The fourth-order valence-corrected chi connectivity index (χ4v) is 2.10. The van der Waals surface area contributed by atoms with Crippen molar-refractivity contribution in [1.82, 2.24) is 0 Å². The Morgan fingerprint density at radius 1 is 1.21 bits per heavy atom. The first-order chi connectivity index (χ1) is 6.68. The summed E-state index contributed by atoms with van der Waals surface area (Å²) in [7, 11) is 0. The van der Waals surface area contributed by atoms with Crippen LogP contribution in [-0.2, 0) is 0 Å². The zero-order valence-corrected chi connectivity index (χ0v) is 9.35. The second kappa shape index (κ2) is 4.09. The third-order valence-corrected chi connectivity index (χ3v) is 3.73. The molecule has 0 aliphatic heterocycles. The van der Waals surface area contributed by atoms with Crippen LogP contribution in [-0.4, -0.2) is 0 Å². The van der Waals surface area contributed by atoms with Crippen molar-refractivity contribution in [3.8, 4) is 0 Å². The summed E-state index contributed by atoms with van der Waals surface area (Å²) >= 11 is 11.8. The Bertz CT molecular complexity index is 334. The van der Waals surface area contributed by atoms with Crippen LogP contribution in [0.4, 0.5) is 0 Å². The molecule has 0 radical (unpaired) electrons. The van der Waals surface area contributed by atoms with Crippen LogP contribution in [0.15, 0.2) is 18.2 Å². The second-order valence-electron chi connectivity index (χ2n) is 3.89. The number of hydrogen-bond acceptors (Lipinski definition) is 1. The van der Waals surface area contributed by atoms with Gasteiger partial charge in [0.2, 0.25) is 0 Å². The summed E-state index contributed by atoms with van der Waals surface area (Å²) in [5, 5.41) is 1.19. The molecule has 2 rings (SSSR count). The van der Waals surface area contributed by atoms with Crippen molar-refractivity contribution in [3.05, 3.63) is 33.8 Å². The van der Waals surface area contributed by atoms with Crippen molar-refractivity contribution in [3.63, 3.8) is 0 Å². The molecule has 14 heavy (non-hydrogen) atoms. The smallest absolute Gasteiger partial charge is 0.0595 e. The van der Waals surface area contributed by atoms with Gasteiger partial charge < -0.3 is 5.73 Å². The first-order valence-corrected chi connectivity index (χ1v) is 5.64. The summed E-state index contributed by atoms with van der Waals surface area (Å²) in [6, 6.07) is 5.79. The molecule has 3 heteroatoms. The van der Waals surface area contributed by atoms with E-state index in [9.17, 15) is 0 Å². The van der Waals surface area contributed by atoms with Gasteiger partial charge in [-0.15, -0.1) is 0 Å². The van der Waals surface area contributed by atoms with Crippen LogP contribution in [0, 0.1) is 5.92 Å². The minimum absolute atomic E-state index is 0.124. The molecule has 2 N–H and O–H groups in total. The molecule has 0 unspecified atom stereocenters. The van der Waals surface area contributed by atoms with Crippen molar-refractivity contribution >= 4 is 23.2 Å². The summed E-state index contributed by atoms with van der Waals surface area (Å²) < 4.78 is 0. The Labute approximate surface area is 94.2 Å². The van der Waals surface area contributed by atoms with Gasteiger partial charge in [0, 0.05) is 6.04 Å². The lowest BCUT2D eigenvalue weighted by atomic mass is 9.78. The van der Waals surface area contributed by atoms with E-state index in [2.05, 4.69) is 0 Å². The van der Waals surface area contributed by atoms with E-state index in [1.165, 1.54) is 19.3 Å². The molecule has 1 saturated carbocycles. The SMILES string of the molecule is N[C@H](c1ccc(Cl)c(Cl)c1)C1CCC1. The molecule has 1 aromatic rings. The summed E-state index contributed by atoms with van der Waals surface area (Å²) in [6.45, 7) is 0. The van der Waals surface area contributed by atoms with Crippen molar-refractivity contribution in [2.24, 2.45) is 11.7 Å². The van der Waals surface area contributed by atoms with Crippen molar-refractivity contribution < 1.29 is 0 Å². The maximum absolute atomic E-state index is 6.12. The van der Waals surface area contributed by atoms with Gasteiger partial charge >= 0.3 is 0 Å². The van der Waals surface area contributed by atoms with Gasteiger partial charge in [0.05, 0.1) is 10.0 Å². The van der Waals surface area contributed by atoms with Crippen LogP contribution in [0.5, 0.6) is 0 Å². The molecule has 0 heterocycles. The Kier molecular flexibility index (Phi) is 3.01. The Morgan fingerprint density at radius 2 is 1.93 bits per heavy atom. The van der Waals surface area contributed by atoms with Gasteiger partial charge in [-0.2, -0.15) is 0 Å². The van der Waals surface area contributed by atoms with E-state index in [4.69, 9.17) is 28.9 Å². The lowest BCUT2D eigenvalue weighted by molar-refractivity contribution is 0.264. The summed E-state index contributed by atoms with van der Waals surface area (Å²) in [5.41, 5.74) is 7.22. The van der Waals surface area contributed by atoms with E-state index >= 15 is 0 Å². The number of hydrogen-bond donors (Lipinski definition) is 1. The van der Waals surface area contributed by atoms with E-state index in [1.807, 2.05) is 18.2 Å². The van der Waals surface area contributed by atoms with Gasteiger partial charge in [-0.3, -0.25) is 0 Å². The number of benzene rings is 1. The number of rotatable bonds is 2. The van der Waals surface area contributed by atoms with Gasteiger partial charge in [-0.25, -0.2) is 0 Å².